The number of benzene rings is 1. The zero-order valence-electron chi connectivity index (χ0n) is 17.6. The van der Waals surface area contributed by atoms with Crippen LogP contribution in [0.5, 0.6) is 5.75 Å². The maximum absolute atomic E-state index is 12.6. The fourth-order valence-electron chi connectivity index (χ4n) is 3.56. The monoisotopic (exact) mass is 397 g/mol. The number of methoxy groups -OCH3 is 1. The summed E-state index contributed by atoms with van der Waals surface area (Å²) in [7, 11) is 5.32. The van der Waals surface area contributed by atoms with E-state index >= 15 is 0 Å². The summed E-state index contributed by atoms with van der Waals surface area (Å²) < 4.78 is 5.17. The van der Waals surface area contributed by atoms with Crippen LogP contribution in [0.25, 0.3) is 0 Å². The maximum atomic E-state index is 12.6. The molecule has 1 aromatic carbocycles. The van der Waals surface area contributed by atoms with Crippen LogP contribution in [0.2, 0.25) is 0 Å². The van der Waals surface area contributed by atoms with Crippen molar-refractivity contribution in [2.24, 2.45) is 0 Å². The highest BCUT2D eigenvalue weighted by molar-refractivity contribution is 5.76. The van der Waals surface area contributed by atoms with Gasteiger partial charge in [0, 0.05) is 39.0 Å². The second-order valence-corrected chi connectivity index (χ2v) is 7.49. The zero-order valence-corrected chi connectivity index (χ0v) is 17.6. The average Bonchev–Trinajstić information content (AvgIpc) is 2.78. The third-order valence-electron chi connectivity index (χ3n) is 5.35. The van der Waals surface area contributed by atoms with Gasteiger partial charge in [0.05, 0.1) is 19.3 Å². The number of anilines is 1. The Bertz CT molecular complexity index is 803. The van der Waals surface area contributed by atoms with Crippen molar-refractivity contribution < 1.29 is 9.53 Å². The van der Waals surface area contributed by atoms with Crippen molar-refractivity contribution in [3.8, 4) is 5.75 Å². The molecule has 1 unspecified atom stereocenters. The molecule has 0 bridgehead atoms. The minimum atomic E-state index is 0.0835. The fourth-order valence-corrected chi connectivity index (χ4v) is 3.56. The number of amides is 1. The first-order valence-electron chi connectivity index (χ1n) is 10.2. The smallest absolute Gasteiger partial charge is 0.223 e. The molecule has 0 aliphatic carbocycles. The van der Waals surface area contributed by atoms with E-state index in [0.717, 1.165) is 48.8 Å². The van der Waals surface area contributed by atoms with Gasteiger partial charge < -0.3 is 20.3 Å². The maximum Gasteiger partial charge on any atom is 0.223 e. The number of piperidine rings is 1. The highest BCUT2D eigenvalue weighted by Crippen LogP contribution is 2.23. The van der Waals surface area contributed by atoms with Gasteiger partial charge in [-0.15, -0.1) is 0 Å². The molecule has 1 aromatic heterocycles. The predicted octanol–water partition coefficient (Wildman–Crippen LogP) is 2.59. The van der Waals surface area contributed by atoms with Gasteiger partial charge in [-0.3, -0.25) is 4.79 Å². The Labute approximate surface area is 172 Å². The van der Waals surface area contributed by atoms with E-state index in [9.17, 15) is 4.79 Å². The summed E-state index contributed by atoms with van der Waals surface area (Å²) in [5, 5.41) is 6.56. The van der Waals surface area contributed by atoms with Crippen LogP contribution in [-0.2, 0) is 17.8 Å². The number of rotatable bonds is 8. The van der Waals surface area contributed by atoms with E-state index in [-0.39, 0.29) is 5.91 Å². The summed E-state index contributed by atoms with van der Waals surface area (Å²) in [6.07, 6.45) is 3.43. The molecule has 1 fully saturated rings. The van der Waals surface area contributed by atoms with E-state index < -0.39 is 0 Å². The molecule has 1 aliphatic rings. The number of aryl methyl sites for hydroxylation is 1. The number of hydrogen-bond donors (Lipinski definition) is 2. The van der Waals surface area contributed by atoms with Gasteiger partial charge in [0.15, 0.2) is 0 Å². The van der Waals surface area contributed by atoms with Gasteiger partial charge in [-0.2, -0.15) is 0 Å². The Balaban J connectivity index is 1.60. The van der Waals surface area contributed by atoms with Crippen LogP contribution < -0.4 is 15.4 Å². The van der Waals surface area contributed by atoms with Crippen molar-refractivity contribution in [2.45, 2.75) is 38.1 Å². The molecule has 1 atom stereocenters. The van der Waals surface area contributed by atoms with E-state index in [4.69, 9.17) is 9.72 Å². The number of ether oxygens (including phenoxy) is 1. The lowest BCUT2D eigenvalue weighted by Crippen LogP contribution is -2.30. The summed E-state index contributed by atoms with van der Waals surface area (Å²) in [6, 6.07) is 9.85. The lowest BCUT2D eigenvalue weighted by molar-refractivity contribution is -0.130. The van der Waals surface area contributed by atoms with Gasteiger partial charge in [-0.25, -0.2) is 9.97 Å². The van der Waals surface area contributed by atoms with E-state index in [1.807, 2.05) is 44.4 Å². The minimum absolute atomic E-state index is 0.0835. The van der Waals surface area contributed by atoms with Crippen LogP contribution in [0.4, 0.5) is 5.82 Å². The quantitative estimate of drug-likeness (QED) is 0.713. The lowest BCUT2D eigenvalue weighted by atomic mass is 9.96. The summed E-state index contributed by atoms with van der Waals surface area (Å²) in [5.41, 5.74) is 2.17. The van der Waals surface area contributed by atoms with Gasteiger partial charge in [0.1, 0.15) is 17.4 Å². The standard InChI is InChI=1S/C22H31N5O2/c1-23-20-13-19(17-5-4-12-24-14-17)25-21(26-20)15-27(2)22(28)11-8-16-6-9-18(29-3)10-7-16/h6-7,9-10,13,17,24H,4-5,8,11-12,14-15H2,1-3H3,(H,23,25,26). The first kappa shape index (κ1) is 21.0. The first-order chi connectivity index (χ1) is 14.1. The first-order valence-corrected chi connectivity index (χ1v) is 10.2. The molecule has 1 aliphatic heterocycles. The lowest BCUT2D eigenvalue weighted by Gasteiger charge is -2.23. The largest absolute Gasteiger partial charge is 0.497 e. The molecule has 3 rings (SSSR count). The highest BCUT2D eigenvalue weighted by atomic mass is 16.5. The SMILES string of the molecule is CNc1cc(C2CCCNC2)nc(CN(C)C(=O)CCc2ccc(OC)cc2)n1. The van der Waals surface area contributed by atoms with E-state index in [2.05, 4.69) is 15.6 Å². The van der Waals surface area contributed by atoms with Crippen molar-refractivity contribution in [1.29, 1.82) is 0 Å². The summed E-state index contributed by atoms with van der Waals surface area (Å²) in [4.78, 5) is 23.6. The number of nitrogens with zero attached hydrogens (tertiary/aromatic N) is 3. The van der Waals surface area contributed by atoms with Gasteiger partial charge in [-0.05, 0) is 43.5 Å². The summed E-state index contributed by atoms with van der Waals surface area (Å²) >= 11 is 0. The molecule has 2 aromatic rings. The third kappa shape index (κ3) is 5.90. The normalized spacial score (nSPS) is 16.3. The molecule has 0 radical (unpaired) electrons. The molecule has 2 N–H and O–H groups in total. The number of carbonyl (C=O) groups is 1. The van der Waals surface area contributed by atoms with E-state index in [1.165, 1.54) is 0 Å². The Hall–Kier alpha value is -2.67. The number of carbonyl (C=O) groups excluding carboxylic acids is 1. The predicted molar refractivity (Wildman–Crippen MR) is 114 cm³/mol. The van der Waals surface area contributed by atoms with E-state index in [1.54, 1.807) is 12.0 Å². The number of nitrogens with one attached hydrogen (secondary N) is 2. The molecular weight excluding hydrogens is 366 g/mol. The van der Waals surface area contributed by atoms with Crippen molar-refractivity contribution in [3.05, 3.63) is 47.4 Å². The van der Waals surface area contributed by atoms with Crippen molar-refractivity contribution in [2.75, 3.05) is 39.6 Å². The number of aromatic nitrogens is 2. The van der Waals surface area contributed by atoms with Crippen LogP contribution in [0.15, 0.2) is 30.3 Å². The second-order valence-electron chi connectivity index (χ2n) is 7.49. The van der Waals surface area contributed by atoms with Gasteiger partial charge in [0.2, 0.25) is 5.91 Å². The average molecular weight is 398 g/mol. The van der Waals surface area contributed by atoms with E-state index in [0.29, 0.717) is 31.1 Å². The molecule has 1 amide bonds. The van der Waals surface area contributed by atoms with Gasteiger partial charge in [-0.1, -0.05) is 12.1 Å². The molecule has 29 heavy (non-hydrogen) atoms. The van der Waals surface area contributed by atoms with Crippen molar-refractivity contribution >= 4 is 11.7 Å². The van der Waals surface area contributed by atoms with Crippen LogP contribution in [-0.4, -0.2) is 55.1 Å². The Kier molecular flexibility index (Phi) is 7.41. The molecule has 7 nitrogen and oxygen atoms in total. The van der Waals surface area contributed by atoms with Crippen LogP contribution in [0.3, 0.4) is 0 Å². The Morgan fingerprint density at radius 1 is 1.31 bits per heavy atom. The van der Waals surface area contributed by atoms with Gasteiger partial charge in [0.25, 0.3) is 0 Å². The third-order valence-corrected chi connectivity index (χ3v) is 5.35. The van der Waals surface area contributed by atoms with Crippen LogP contribution >= 0.6 is 0 Å². The molecular formula is C22H31N5O2. The summed E-state index contributed by atoms with van der Waals surface area (Å²) in [6.45, 7) is 2.42. The molecule has 156 valence electrons. The van der Waals surface area contributed by atoms with Gasteiger partial charge >= 0.3 is 0 Å². The molecule has 7 heteroatoms. The molecule has 0 saturated carbocycles. The topological polar surface area (TPSA) is 79.4 Å². The molecule has 2 heterocycles. The fraction of sp³-hybridized carbons (Fsp3) is 0.500. The van der Waals surface area contributed by atoms with Crippen LogP contribution in [0.1, 0.15) is 42.3 Å². The summed E-state index contributed by atoms with van der Waals surface area (Å²) in [5.74, 6) is 2.78. The zero-order chi connectivity index (χ0) is 20.6. The minimum Gasteiger partial charge on any atom is -0.497 e. The molecule has 0 spiro atoms. The second kappa shape index (κ2) is 10.2. The highest BCUT2D eigenvalue weighted by Gasteiger charge is 2.19. The Morgan fingerprint density at radius 2 is 2.10 bits per heavy atom. The van der Waals surface area contributed by atoms with Crippen LogP contribution in [0, 0.1) is 0 Å². The molecule has 1 saturated heterocycles. The number of hydrogen-bond acceptors (Lipinski definition) is 6. The van der Waals surface area contributed by atoms with Crippen molar-refractivity contribution in [1.82, 2.24) is 20.2 Å². The Morgan fingerprint density at radius 3 is 2.76 bits per heavy atom. The van der Waals surface area contributed by atoms with Crippen molar-refractivity contribution in [3.63, 3.8) is 0 Å².